The Morgan fingerprint density at radius 1 is 1.29 bits per heavy atom. The Morgan fingerprint density at radius 3 is 2.86 bits per heavy atom. The summed E-state index contributed by atoms with van der Waals surface area (Å²) < 4.78 is 2.86. The van der Waals surface area contributed by atoms with Crippen LogP contribution in [-0.2, 0) is 13.0 Å². The molecule has 0 aliphatic heterocycles. The van der Waals surface area contributed by atoms with E-state index in [-0.39, 0.29) is 0 Å². The lowest BCUT2D eigenvalue weighted by Gasteiger charge is -2.00. The molecule has 0 fully saturated rings. The SMILES string of the molecule is S=c1[nH]ccn1CCCc1ccc[nH]1. The van der Waals surface area contributed by atoms with Gasteiger partial charge in [0.1, 0.15) is 0 Å². The van der Waals surface area contributed by atoms with Crippen molar-refractivity contribution in [3.8, 4) is 0 Å². The lowest BCUT2D eigenvalue weighted by molar-refractivity contribution is 0.631. The fraction of sp³-hybridized carbons (Fsp3) is 0.300. The highest BCUT2D eigenvalue weighted by Gasteiger charge is 1.95. The van der Waals surface area contributed by atoms with Crippen molar-refractivity contribution >= 4 is 12.2 Å². The van der Waals surface area contributed by atoms with Gasteiger partial charge in [-0.05, 0) is 37.2 Å². The Bertz CT molecular complexity index is 424. The van der Waals surface area contributed by atoms with Crippen LogP contribution in [0.3, 0.4) is 0 Å². The van der Waals surface area contributed by atoms with Crippen LogP contribution in [-0.4, -0.2) is 14.5 Å². The molecular weight excluding hydrogens is 194 g/mol. The minimum Gasteiger partial charge on any atom is -0.365 e. The van der Waals surface area contributed by atoms with Gasteiger partial charge in [0, 0.05) is 30.8 Å². The number of H-pyrrole nitrogens is 2. The summed E-state index contributed by atoms with van der Waals surface area (Å²) in [6.45, 7) is 0.974. The first-order valence-corrected chi connectivity index (χ1v) is 5.13. The molecule has 14 heavy (non-hydrogen) atoms. The highest BCUT2D eigenvalue weighted by atomic mass is 32.1. The van der Waals surface area contributed by atoms with Crippen LogP contribution in [0.5, 0.6) is 0 Å². The van der Waals surface area contributed by atoms with E-state index in [0.29, 0.717) is 0 Å². The Labute approximate surface area is 87.8 Å². The predicted molar refractivity (Wildman–Crippen MR) is 58.7 cm³/mol. The second-order valence-electron chi connectivity index (χ2n) is 3.26. The fourth-order valence-electron chi connectivity index (χ4n) is 1.49. The lowest BCUT2D eigenvalue weighted by Crippen LogP contribution is -1.98. The largest absolute Gasteiger partial charge is 0.365 e. The first-order chi connectivity index (χ1) is 6.86. The highest BCUT2D eigenvalue weighted by molar-refractivity contribution is 7.71. The highest BCUT2D eigenvalue weighted by Crippen LogP contribution is 2.01. The van der Waals surface area contributed by atoms with Crippen LogP contribution in [0.25, 0.3) is 0 Å². The number of imidazole rings is 1. The third-order valence-electron chi connectivity index (χ3n) is 2.23. The molecule has 0 saturated carbocycles. The smallest absolute Gasteiger partial charge is 0.177 e. The number of nitrogens with zero attached hydrogens (tertiary/aromatic N) is 1. The van der Waals surface area contributed by atoms with Crippen molar-refractivity contribution < 1.29 is 0 Å². The molecule has 0 atom stereocenters. The molecule has 0 unspecified atom stereocenters. The van der Waals surface area contributed by atoms with Crippen molar-refractivity contribution in [2.24, 2.45) is 0 Å². The van der Waals surface area contributed by atoms with E-state index in [9.17, 15) is 0 Å². The van der Waals surface area contributed by atoms with Crippen molar-refractivity contribution in [1.29, 1.82) is 0 Å². The maximum atomic E-state index is 5.10. The molecule has 0 bridgehead atoms. The molecule has 74 valence electrons. The van der Waals surface area contributed by atoms with Crippen LogP contribution in [0, 0.1) is 4.77 Å². The zero-order valence-electron chi connectivity index (χ0n) is 7.86. The molecule has 4 heteroatoms. The molecule has 2 N–H and O–H groups in total. The second-order valence-corrected chi connectivity index (χ2v) is 3.64. The molecule has 2 heterocycles. The third kappa shape index (κ3) is 2.14. The minimum atomic E-state index is 0.802. The molecule has 0 aliphatic rings. The number of aromatic amines is 2. The average Bonchev–Trinajstić information content (AvgIpc) is 2.78. The molecule has 0 aromatic carbocycles. The molecule has 2 aromatic heterocycles. The lowest BCUT2D eigenvalue weighted by atomic mass is 10.2. The number of hydrogen-bond acceptors (Lipinski definition) is 1. The molecule has 0 radical (unpaired) electrons. The fourth-order valence-corrected chi connectivity index (χ4v) is 1.71. The van der Waals surface area contributed by atoms with Gasteiger partial charge in [-0.25, -0.2) is 0 Å². The van der Waals surface area contributed by atoms with Crippen LogP contribution in [0.4, 0.5) is 0 Å². The van der Waals surface area contributed by atoms with Gasteiger partial charge in [-0.1, -0.05) is 0 Å². The van der Waals surface area contributed by atoms with Gasteiger partial charge in [-0.2, -0.15) is 0 Å². The molecule has 0 aliphatic carbocycles. The van der Waals surface area contributed by atoms with Gasteiger partial charge in [0.15, 0.2) is 4.77 Å². The van der Waals surface area contributed by atoms with Crippen LogP contribution in [0.1, 0.15) is 12.1 Å². The van der Waals surface area contributed by atoms with Gasteiger partial charge in [-0.15, -0.1) is 0 Å². The molecular formula is C10H13N3S. The van der Waals surface area contributed by atoms with Crippen molar-refractivity contribution in [3.05, 3.63) is 41.2 Å². The zero-order chi connectivity index (χ0) is 9.80. The van der Waals surface area contributed by atoms with Crippen molar-refractivity contribution in [1.82, 2.24) is 14.5 Å². The van der Waals surface area contributed by atoms with E-state index in [0.717, 1.165) is 24.2 Å². The van der Waals surface area contributed by atoms with Gasteiger partial charge in [0.05, 0.1) is 0 Å². The van der Waals surface area contributed by atoms with E-state index < -0.39 is 0 Å². The number of nitrogens with one attached hydrogen (secondary N) is 2. The summed E-state index contributed by atoms with van der Waals surface area (Å²) in [6.07, 6.45) is 7.98. The Balaban J connectivity index is 1.84. The van der Waals surface area contributed by atoms with Crippen LogP contribution in [0.2, 0.25) is 0 Å². The molecule has 0 spiro atoms. The summed E-state index contributed by atoms with van der Waals surface area (Å²) in [5, 5.41) is 0. The maximum Gasteiger partial charge on any atom is 0.177 e. The van der Waals surface area contributed by atoms with Crippen molar-refractivity contribution in [2.75, 3.05) is 0 Å². The van der Waals surface area contributed by atoms with E-state index >= 15 is 0 Å². The number of aromatic nitrogens is 3. The minimum absolute atomic E-state index is 0.802. The Kier molecular flexibility index (Phi) is 2.84. The van der Waals surface area contributed by atoms with Gasteiger partial charge in [-0.3, -0.25) is 0 Å². The van der Waals surface area contributed by atoms with Crippen LogP contribution in [0.15, 0.2) is 30.7 Å². The predicted octanol–water partition coefficient (Wildman–Crippen LogP) is 2.51. The molecule has 2 aromatic rings. The van der Waals surface area contributed by atoms with E-state index in [1.54, 1.807) is 0 Å². The van der Waals surface area contributed by atoms with E-state index in [1.165, 1.54) is 5.69 Å². The van der Waals surface area contributed by atoms with Gasteiger partial charge in [0.2, 0.25) is 0 Å². The van der Waals surface area contributed by atoms with E-state index in [1.807, 2.05) is 24.7 Å². The second kappa shape index (κ2) is 4.28. The molecule has 0 amide bonds. The number of rotatable bonds is 4. The van der Waals surface area contributed by atoms with Crippen LogP contribution >= 0.6 is 12.2 Å². The van der Waals surface area contributed by atoms with Crippen LogP contribution < -0.4 is 0 Å². The maximum absolute atomic E-state index is 5.10. The van der Waals surface area contributed by atoms with Gasteiger partial charge < -0.3 is 14.5 Å². The Hall–Kier alpha value is -1.29. The van der Waals surface area contributed by atoms with E-state index in [2.05, 4.69) is 20.6 Å². The zero-order valence-corrected chi connectivity index (χ0v) is 8.68. The van der Waals surface area contributed by atoms with E-state index in [4.69, 9.17) is 12.2 Å². The van der Waals surface area contributed by atoms with Crippen molar-refractivity contribution in [2.45, 2.75) is 19.4 Å². The average molecular weight is 207 g/mol. The topological polar surface area (TPSA) is 36.5 Å². The van der Waals surface area contributed by atoms with Crippen molar-refractivity contribution in [3.63, 3.8) is 0 Å². The molecule has 2 rings (SSSR count). The number of aryl methyl sites for hydroxylation is 2. The number of hydrogen-bond donors (Lipinski definition) is 2. The first kappa shape index (κ1) is 9.27. The van der Waals surface area contributed by atoms with Gasteiger partial charge >= 0.3 is 0 Å². The summed E-state index contributed by atoms with van der Waals surface area (Å²) in [6, 6.07) is 4.13. The summed E-state index contributed by atoms with van der Waals surface area (Å²) in [5.74, 6) is 0. The normalized spacial score (nSPS) is 10.6. The third-order valence-corrected chi connectivity index (χ3v) is 2.58. The molecule has 0 saturated heterocycles. The summed E-state index contributed by atoms with van der Waals surface area (Å²) in [5.41, 5.74) is 1.28. The first-order valence-electron chi connectivity index (χ1n) is 4.72. The summed E-state index contributed by atoms with van der Waals surface area (Å²) in [4.78, 5) is 6.17. The monoisotopic (exact) mass is 207 g/mol. The summed E-state index contributed by atoms with van der Waals surface area (Å²) in [7, 11) is 0. The molecule has 3 nitrogen and oxygen atoms in total. The summed E-state index contributed by atoms with van der Waals surface area (Å²) >= 11 is 5.10. The van der Waals surface area contributed by atoms with Gasteiger partial charge in [0.25, 0.3) is 0 Å². The Morgan fingerprint density at radius 2 is 2.21 bits per heavy atom. The quantitative estimate of drug-likeness (QED) is 0.742. The standard InChI is InChI=1S/C10H13N3S/c14-10-12-6-8-13(10)7-2-4-9-3-1-5-11-9/h1,3,5-6,8,11H,2,4,7H2,(H,12,14).